The molecule has 0 aliphatic carbocycles. The minimum Gasteiger partial charge on any atom is -0.493 e. The Labute approximate surface area is 218 Å². The number of carbonyl (C=O) groups is 1. The molecule has 9 nitrogen and oxygen atoms in total. The van der Waals surface area contributed by atoms with E-state index in [9.17, 15) is 4.79 Å². The number of rotatable bonds is 9. The number of fused-ring (bicyclic) bond motifs is 1. The van der Waals surface area contributed by atoms with Crippen molar-refractivity contribution in [2.24, 2.45) is 0 Å². The standard InChI is InChI=1S/C28H35N5O4/c1-6-8-20(4)37-26-17-23-21(16-25(26)35-5)27(30-18-29-23)32-11-13-33(14-12-32)28(34)31-22-10-9-19(3)15-24(22)36-7-2/h6,9-10,15-18,20H,1,7-8,11-14H2,2-5H3,(H,31,34). The summed E-state index contributed by atoms with van der Waals surface area (Å²) in [6, 6.07) is 9.44. The second-order valence-electron chi connectivity index (χ2n) is 9.01. The first-order valence-electron chi connectivity index (χ1n) is 12.6. The third-order valence-electron chi connectivity index (χ3n) is 6.27. The van der Waals surface area contributed by atoms with Crippen LogP contribution in [0, 0.1) is 6.92 Å². The summed E-state index contributed by atoms with van der Waals surface area (Å²) in [6.45, 7) is 12.6. The highest BCUT2D eigenvalue weighted by atomic mass is 16.5. The molecule has 37 heavy (non-hydrogen) atoms. The molecular formula is C28H35N5O4. The van der Waals surface area contributed by atoms with Gasteiger partial charge in [0.25, 0.3) is 0 Å². The number of hydrogen-bond acceptors (Lipinski definition) is 7. The van der Waals surface area contributed by atoms with E-state index in [1.54, 1.807) is 13.4 Å². The van der Waals surface area contributed by atoms with E-state index < -0.39 is 0 Å². The van der Waals surface area contributed by atoms with Crippen molar-refractivity contribution in [1.82, 2.24) is 14.9 Å². The number of hydrogen-bond donors (Lipinski definition) is 1. The Balaban J connectivity index is 1.47. The molecule has 0 bridgehead atoms. The minimum atomic E-state index is -0.144. The van der Waals surface area contributed by atoms with Gasteiger partial charge in [0.1, 0.15) is 17.9 Å². The zero-order chi connectivity index (χ0) is 26.4. The molecule has 2 amide bonds. The minimum absolute atomic E-state index is 0.0334. The maximum Gasteiger partial charge on any atom is 0.322 e. The smallest absolute Gasteiger partial charge is 0.322 e. The van der Waals surface area contributed by atoms with E-state index in [0.29, 0.717) is 55.7 Å². The van der Waals surface area contributed by atoms with Gasteiger partial charge >= 0.3 is 6.03 Å². The van der Waals surface area contributed by atoms with E-state index in [4.69, 9.17) is 14.2 Å². The lowest BCUT2D eigenvalue weighted by molar-refractivity contribution is 0.208. The molecule has 1 N–H and O–H groups in total. The van der Waals surface area contributed by atoms with Gasteiger partial charge in [-0.05, 0) is 44.5 Å². The van der Waals surface area contributed by atoms with Crippen LogP contribution in [0.3, 0.4) is 0 Å². The number of nitrogens with zero attached hydrogens (tertiary/aromatic N) is 4. The maximum absolute atomic E-state index is 13.0. The monoisotopic (exact) mass is 505 g/mol. The lowest BCUT2D eigenvalue weighted by Gasteiger charge is -2.35. The lowest BCUT2D eigenvalue weighted by atomic mass is 10.1. The highest BCUT2D eigenvalue weighted by molar-refractivity contribution is 5.93. The molecule has 0 saturated carbocycles. The molecule has 1 aliphatic rings. The summed E-state index contributed by atoms with van der Waals surface area (Å²) in [5.41, 5.74) is 2.53. The van der Waals surface area contributed by atoms with Gasteiger partial charge in [0.2, 0.25) is 0 Å². The van der Waals surface area contributed by atoms with Gasteiger partial charge in [0.15, 0.2) is 11.5 Å². The predicted octanol–water partition coefficient (Wildman–Crippen LogP) is 5.04. The second-order valence-corrected chi connectivity index (χ2v) is 9.01. The molecule has 1 aromatic heterocycles. The quantitative estimate of drug-likeness (QED) is 0.408. The van der Waals surface area contributed by atoms with Crippen LogP contribution in [0.4, 0.5) is 16.3 Å². The summed E-state index contributed by atoms with van der Waals surface area (Å²) in [5, 5.41) is 3.88. The van der Waals surface area contributed by atoms with Gasteiger partial charge < -0.3 is 29.3 Å². The van der Waals surface area contributed by atoms with Crippen LogP contribution in [-0.4, -0.2) is 66.9 Å². The summed E-state index contributed by atoms with van der Waals surface area (Å²) < 4.78 is 17.4. The van der Waals surface area contributed by atoms with Gasteiger partial charge in [0, 0.05) is 44.1 Å². The summed E-state index contributed by atoms with van der Waals surface area (Å²) in [7, 11) is 1.62. The van der Waals surface area contributed by atoms with Gasteiger partial charge in [-0.1, -0.05) is 12.1 Å². The molecule has 2 aromatic carbocycles. The molecule has 1 fully saturated rings. The van der Waals surface area contributed by atoms with Crippen molar-refractivity contribution in [3.63, 3.8) is 0 Å². The molecule has 2 heterocycles. The SMILES string of the molecule is C=CCC(C)Oc1cc2ncnc(N3CCN(C(=O)Nc4ccc(C)cc4OCC)CC3)c2cc1OC. The lowest BCUT2D eigenvalue weighted by Crippen LogP contribution is -2.50. The number of aromatic nitrogens is 2. The van der Waals surface area contributed by atoms with E-state index in [1.165, 1.54) is 0 Å². The van der Waals surface area contributed by atoms with Crippen molar-refractivity contribution in [3.8, 4) is 17.2 Å². The van der Waals surface area contributed by atoms with Crippen molar-refractivity contribution in [2.75, 3.05) is 50.1 Å². The summed E-state index contributed by atoms with van der Waals surface area (Å²) in [4.78, 5) is 26.0. The van der Waals surface area contributed by atoms with Crippen molar-refractivity contribution in [3.05, 3.63) is 54.9 Å². The van der Waals surface area contributed by atoms with Crippen LogP contribution in [0.1, 0.15) is 25.8 Å². The van der Waals surface area contributed by atoms with Crippen molar-refractivity contribution >= 4 is 28.4 Å². The number of ether oxygens (including phenoxy) is 3. The molecule has 0 spiro atoms. The number of anilines is 2. The van der Waals surface area contributed by atoms with Crippen LogP contribution in [0.2, 0.25) is 0 Å². The van der Waals surface area contributed by atoms with Crippen molar-refractivity contribution in [1.29, 1.82) is 0 Å². The molecule has 1 atom stereocenters. The van der Waals surface area contributed by atoms with Crippen LogP contribution in [-0.2, 0) is 0 Å². The van der Waals surface area contributed by atoms with Crippen LogP contribution < -0.4 is 24.4 Å². The third-order valence-corrected chi connectivity index (χ3v) is 6.27. The van der Waals surface area contributed by atoms with Crippen molar-refractivity contribution < 1.29 is 19.0 Å². The highest BCUT2D eigenvalue weighted by Gasteiger charge is 2.25. The van der Waals surface area contributed by atoms with E-state index in [-0.39, 0.29) is 12.1 Å². The number of urea groups is 1. The fraction of sp³-hybridized carbons (Fsp3) is 0.393. The Kier molecular flexibility index (Phi) is 8.32. The Morgan fingerprint density at radius 2 is 1.92 bits per heavy atom. The number of nitrogens with one attached hydrogen (secondary N) is 1. The van der Waals surface area contributed by atoms with E-state index in [2.05, 4.69) is 26.8 Å². The van der Waals surface area contributed by atoms with E-state index >= 15 is 0 Å². The molecule has 4 rings (SSSR count). The van der Waals surface area contributed by atoms with Gasteiger partial charge in [0.05, 0.1) is 31.0 Å². The first kappa shape index (κ1) is 26.1. The van der Waals surface area contributed by atoms with E-state index in [1.807, 2.05) is 62.1 Å². The Morgan fingerprint density at radius 1 is 1.14 bits per heavy atom. The van der Waals surface area contributed by atoms with Crippen LogP contribution >= 0.6 is 0 Å². The maximum atomic E-state index is 13.0. The van der Waals surface area contributed by atoms with Gasteiger partial charge in [-0.3, -0.25) is 0 Å². The Bertz CT molecular complexity index is 1260. The predicted molar refractivity (Wildman–Crippen MR) is 146 cm³/mol. The number of methoxy groups -OCH3 is 1. The number of benzene rings is 2. The molecule has 1 aliphatic heterocycles. The Morgan fingerprint density at radius 3 is 2.62 bits per heavy atom. The molecule has 1 saturated heterocycles. The van der Waals surface area contributed by atoms with E-state index in [0.717, 1.165) is 28.7 Å². The van der Waals surface area contributed by atoms with Crippen LogP contribution in [0.25, 0.3) is 10.9 Å². The fourth-order valence-corrected chi connectivity index (χ4v) is 4.38. The molecule has 0 radical (unpaired) electrons. The molecule has 196 valence electrons. The van der Waals surface area contributed by atoms with Crippen LogP contribution in [0.5, 0.6) is 17.2 Å². The molecule has 3 aromatic rings. The normalized spacial score (nSPS) is 14.3. The first-order valence-corrected chi connectivity index (χ1v) is 12.6. The summed E-state index contributed by atoms with van der Waals surface area (Å²) >= 11 is 0. The zero-order valence-electron chi connectivity index (χ0n) is 22.0. The van der Waals surface area contributed by atoms with Gasteiger partial charge in [-0.2, -0.15) is 0 Å². The highest BCUT2D eigenvalue weighted by Crippen LogP contribution is 2.36. The summed E-state index contributed by atoms with van der Waals surface area (Å²) in [5.74, 6) is 2.75. The fourth-order valence-electron chi connectivity index (χ4n) is 4.38. The Hall–Kier alpha value is -4.01. The number of aryl methyl sites for hydroxylation is 1. The molecule has 9 heteroatoms. The first-order chi connectivity index (χ1) is 17.9. The van der Waals surface area contributed by atoms with Crippen LogP contribution in [0.15, 0.2) is 49.3 Å². The number of carbonyl (C=O) groups excluding carboxylic acids is 1. The van der Waals surface area contributed by atoms with Gasteiger partial charge in [-0.15, -0.1) is 6.58 Å². The molecular weight excluding hydrogens is 470 g/mol. The summed E-state index contributed by atoms with van der Waals surface area (Å²) in [6.07, 6.45) is 4.09. The average molecular weight is 506 g/mol. The number of amides is 2. The van der Waals surface area contributed by atoms with Gasteiger partial charge in [-0.25, -0.2) is 14.8 Å². The van der Waals surface area contributed by atoms with Crippen molar-refractivity contribution in [2.45, 2.75) is 33.3 Å². The largest absolute Gasteiger partial charge is 0.493 e. The topological polar surface area (TPSA) is 89.1 Å². The number of piperazine rings is 1. The second kappa shape index (κ2) is 11.8. The average Bonchev–Trinajstić information content (AvgIpc) is 2.90. The third kappa shape index (κ3) is 6.04. The zero-order valence-corrected chi connectivity index (χ0v) is 22.0. The molecule has 1 unspecified atom stereocenters.